The van der Waals surface area contributed by atoms with Gasteiger partial charge in [-0.3, -0.25) is 19.6 Å². The van der Waals surface area contributed by atoms with Crippen LogP contribution in [0.5, 0.6) is 0 Å². The van der Waals surface area contributed by atoms with Gasteiger partial charge in [0, 0.05) is 50.6 Å². The van der Waals surface area contributed by atoms with E-state index in [-0.39, 0.29) is 17.7 Å². The third-order valence-electron chi connectivity index (χ3n) is 4.92. The zero-order valence-electron chi connectivity index (χ0n) is 14.0. The predicted molar refractivity (Wildman–Crippen MR) is 91.1 cm³/mol. The Balaban J connectivity index is 1.41. The summed E-state index contributed by atoms with van der Waals surface area (Å²) in [6.07, 6.45) is 4.58. The quantitative estimate of drug-likeness (QED) is 0.850. The van der Waals surface area contributed by atoms with Gasteiger partial charge in [0.05, 0.1) is 18.2 Å². The van der Waals surface area contributed by atoms with Crippen molar-refractivity contribution in [2.24, 2.45) is 5.92 Å². The number of fused-ring (bicyclic) bond motifs is 1. The van der Waals surface area contributed by atoms with Crippen molar-refractivity contribution in [2.75, 3.05) is 13.1 Å². The maximum absolute atomic E-state index is 12.9. The van der Waals surface area contributed by atoms with Crippen molar-refractivity contribution in [3.8, 4) is 0 Å². The first-order chi connectivity index (χ1) is 12.2. The molecule has 1 saturated heterocycles. The van der Waals surface area contributed by atoms with Crippen LogP contribution >= 0.6 is 0 Å². The molecule has 0 bridgehead atoms. The Hall–Kier alpha value is -2.76. The zero-order valence-corrected chi connectivity index (χ0v) is 14.0. The van der Waals surface area contributed by atoms with Crippen molar-refractivity contribution < 1.29 is 9.59 Å². The van der Waals surface area contributed by atoms with Gasteiger partial charge in [-0.1, -0.05) is 12.1 Å². The Bertz CT molecular complexity index is 793. The Labute approximate surface area is 146 Å². The van der Waals surface area contributed by atoms with E-state index < -0.39 is 0 Å². The topological polar surface area (TPSA) is 66.4 Å². The molecule has 0 saturated carbocycles. The predicted octanol–water partition coefficient (Wildman–Crippen LogP) is 1.41. The fraction of sp³-hybridized carbons (Fsp3) is 0.368. The molecule has 0 N–H and O–H groups in total. The first-order valence-corrected chi connectivity index (χ1v) is 8.60. The fourth-order valence-electron chi connectivity index (χ4n) is 3.59. The molecule has 25 heavy (non-hydrogen) atoms. The van der Waals surface area contributed by atoms with Gasteiger partial charge >= 0.3 is 0 Å². The SMILES string of the molecule is O=C1CC(C(=O)N2CCc3ncccc3C2)CN1Cc1ccccn1. The summed E-state index contributed by atoms with van der Waals surface area (Å²) in [5.74, 6) is -0.149. The van der Waals surface area contributed by atoms with E-state index in [1.807, 2.05) is 35.2 Å². The zero-order chi connectivity index (χ0) is 17.2. The molecule has 4 rings (SSSR count). The van der Waals surface area contributed by atoms with E-state index in [0.717, 1.165) is 23.4 Å². The molecule has 2 aromatic heterocycles. The van der Waals surface area contributed by atoms with Crippen LogP contribution in [0.2, 0.25) is 0 Å². The second kappa shape index (κ2) is 6.63. The van der Waals surface area contributed by atoms with Crippen LogP contribution in [-0.4, -0.2) is 44.7 Å². The summed E-state index contributed by atoms with van der Waals surface area (Å²) in [7, 11) is 0. The first kappa shape index (κ1) is 15.7. The van der Waals surface area contributed by atoms with Gasteiger partial charge in [0.1, 0.15) is 0 Å². The van der Waals surface area contributed by atoms with Crippen LogP contribution in [0.25, 0.3) is 0 Å². The molecule has 0 radical (unpaired) electrons. The number of rotatable bonds is 3. The molecule has 0 spiro atoms. The molecule has 6 heteroatoms. The number of pyridine rings is 2. The monoisotopic (exact) mass is 336 g/mol. The average molecular weight is 336 g/mol. The summed E-state index contributed by atoms with van der Waals surface area (Å²) < 4.78 is 0. The van der Waals surface area contributed by atoms with Gasteiger partial charge in [0.25, 0.3) is 0 Å². The van der Waals surface area contributed by atoms with Gasteiger partial charge in [-0.05, 0) is 23.8 Å². The highest BCUT2D eigenvalue weighted by atomic mass is 16.2. The van der Waals surface area contributed by atoms with E-state index in [1.165, 1.54) is 0 Å². The summed E-state index contributed by atoms with van der Waals surface area (Å²) in [5, 5.41) is 0. The van der Waals surface area contributed by atoms with Crippen molar-refractivity contribution in [3.63, 3.8) is 0 Å². The van der Waals surface area contributed by atoms with Crippen molar-refractivity contribution >= 4 is 11.8 Å². The van der Waals surface area contributed by atoms with Crippen LogP contribution in [-0.2, 0) is 29.1 Å². The van der Waals surface area contributed by atoms with Crippen molar-refractivity contribution in [3.05, 3.63) is 59.7 Å². The summed E-state index contributed by atoms with van der Waals surface area (Å²) in [5.41, 5.74) is 3.03. The number of carbonyl (C=O) groups is 2. The maximum atomic E-state index is 12.9. The van der Waals surface area contributed by atoms with Crippen LogP contribution in [0.4, 0.5) is 0 Å². The lowest BCUT2D eigenvalue weighted by Crippen LogP contribution is -2.40. The summed E-state index contributed by atoms with van der Waals surface area (Å²) in [6.45, 7) is 2.21. The lowest BCUT2D eigenvalue weighted by molar-refractivity contribution is -0.136. The number of amides is 2. The lowest BCUT2D eigenvalue weighted by atomic mass is 10.0. The smallest absolute Gasteiger partial charge is 0.228 e. The molecule has 2 aliphatic rings. The minimum absolute atomic E-state index is 0.0306. The van der Waals surface area contributed by atoms with Gasteiger partial charge in [-0.15, -0.1) is 0 Å². The molecule has 4 heterocycles. The van der Waals surface area contributed by atoms with Crippen molar-refractivity contribution in [1.29, 1.82) is 0 Å². The highest BCUT2D eigenvalue weighted by Gasteiger charge is 2.37. The minimum atomic E-state index is -0.255. The van der Waals surface area contributed by atoms with E-state index in [4.69, 9.17) is 0 Å². The lowest BCUT2D eigenvalue weighted by Gasteiger charge is -2.30. The Morgan fingerprint density at radius 3 is 2.88 bits per heavy atom. The van der Waals surface area contributed by atoms with E-state index in [0.29, 0.717) is 32.6 Å². The van der Waals surface area contributed by atoms with Gasteiger partial charge in [0.15, 0.2) is 0 Å². The third kappa shape index (κ3) is 3.24. The molecule has 2 aromatic rings. The second-order valence-corrected chi connectivity index (χ2v) is 6.62. The highest BCUT2D eigenvalue weighted by Crippen LogP contribution is 2.25. The Morgan fingerprint density at radius 1 is 1.16 bits per heavy atom. The summed E-state index contributed by atoms with van der Waals surface area (Å²) in [4.78, 5) is 37.4. The molecular formula is C19H20N4O2. The molecule has 0 aromatic carbocycles. The Kier molecular flexibility index (Phi) is 4.17. The molecule has 6 nitrogen and oxygen atoms in total. The molecule has 1 fully saturated rings. The van der Waals surface area contributed by atoms with E-state index >= 15 is 0 Å². The van der Waals surface area contributed by atoms with Gasteiger partial charge in [0.2, 0.25) is 11.8 Å². The normalized spacial score (nSPS) is 19.8. The summed E-state index contributed by atoms with van der Waals surface area (Å²) in [6, 6.07) is 9.59. The molecule has 0 aliphatic carbocycles. The maximum Gasteiger partial charge on any atom is 0.228 e. The summed E-state index contributed by atoms with van der Waals surface area (Å²) >= 11 is 0. The number of likely N-dealkylation sites (tertiary alicyclic amines) is 1. The van der Waals surface area contributed by atoms with Crippen LogP contribution in [0.15, 0.2) is 42.7 Å². The molecule has 1 unspecified atom stereocenters. The molecule has 128 valence electrons. The van der Waals surface area contributed by atoms with E-state index in [1.54, 1.807) is 17.3 Å². The highest BCUT2D eigenvalue weighted by molar-refractivity contribution is 5.89. The second-order valence-electron chi connectivity index (χ2n) is 6.62. The van der Waals surface area contributed by atoms with Crippen molar-refractivity contribution in [2.45, 2.75) is 25.9 Å². The first-order valence-electron chi connectivity index (χ1n) is 8.60. The average Bonchev–Trinajstić information content (AvgIpc) is 3.02. The Morgan fingerprint density at radius 2 is 2.04 bits per heavy atom. The number of carbonyl (C=O) groups excluding carboxylic acids is 2. The number of nitrogens with zero attached hydrogens (tertiary/aromatic N) is 4. The number of aromatic nitrogens is 2. The van der Waals surface area contributed by atoms with Crippen LogP contribution < -0.4 is 0 Å². The van der Waals surface area contributed by atoms with E-state index in [2.05, 4.69) is 9.97 Å². The third-order valence-corrected chi connectivity index (χ3v) is 4.92. The van der Waals surface area contributed by atoms with E-state index in [9.17, 15) is 9.59 Å². The van der Waals surface area contributed by atoms with Crippen molar-refractivity contribution in [1.82, 2.24) is 19.8 Å². The molecular weight excluding hydrogens is 316 g/mol. The minimum Gasteiger partial charge on any atom is -0.338 e. The molecule has 2 amide bonds. The standard InChI is InChI=1S/C19H20N4O2/c24-18-10-15(12-23(18)13-16-5-1-2-7-20-16)19(25)22-9-6-17-14(11-22)4-3-8-21-17/h1-5,7-8,15H,6,9-13H2. The van der Waals surface area contributed by atoms with Crippen LogP contribution in [0, 0.1) is 5.92 Å². The van der Waals surface area contributed by atoms with Crippen LogP contribution in [0.3, 0.4) is 0 Å². The van der Waals surface area contributed by atoms with Crippen LogP contribution in [0.1, 0.15) is 23.4 Å². The van der Waals surface area contributed by atoms with Gasteiger partial charge in [-0.25, -0.2) is 0 Å². The number of hydrogen-bond acceptors (Lipinski definition) is 4. The fourth-order valence-corrected chi connectivity index (χ4v) is 3.59. The van der Waals surface area contributed by atoms with Gasteiger partial charge in [-0.2, -0.15) is 0 Å². The molecule has 2 aliphatic heterocycles. The van der Waals surface area contributed by atoms with Gasteiger partial charge < -0.3 is 9.80 Å². The number of hydrogen-bond donors (Lipinski definition) is 0. The molecule has 1 atom stereocenters. The largest absolute Gasteiger partial charge is 0.338 e.